The maximum atomic E-state index is 13.1. The lowest BCUT2D eigenvalue weighted by Gasteiger charge is -2.20. The molecule has 0 saturated heterocycles. The second-order valence-corrected chi connectivity index (χ2v) is 7.88. The van der Waals surface area contributed by atoms with E-state index in [9.17, 15) is 12.8 Å². The summed E-state index contributed by atoms with van der Waals surface area (Å²) < 4.78 is 39.9. The van der Waals surface area contributed by atoms with Crippen molar-refractivity contribution < 1.29 is 12.8 Å². The summed E-state index contributed by atoms with van der Waals surface area (Å²) in [7, 11) is -3.65. The molecule has 0 amide bonds. The molecule has 1 aromatic carbocycles. The number of halogens is 2. The molecule has 108 valence electrons. The molecule has 3 nitrogen and oxygen atoms in total. The summed E-state index contributed by atoms with van der Waals surface area (Å²) in [6.07, 6.45) is 0. The minimum absolute atomic E-state index is 0.0808. The van der Waals surface area contributed by atoms with E-state index in [1.165, 1.54) is 21.7 Å². The first-order chi connectivity index (χ1) is 9.45. The van der Waals surface area contributed by atoms with Crippen LogP contribution < -0.4 is 0 Å². The molecule has 20 heavy (non-hydrogen) atoms. The molecule has 0 N–H and O–H groups in total. The molecule has 0 saturated carbocycles. The Morgan fingerprint density at radius 3 is 2.65 bits per heavy atom. The standard InChI is InChI=1S/C13H13BrFNO2S2/c1-2-16(9-11-4-3-7-19-11)20(17,18)13-6-5-10(15)8-12(13)14/h3-8H,2,9H2,1H3. The van der Waals surface area contributed by atoms with Crippen LogP contribution in [0.5, 0.6) is 0 Å². The van der Waals surface area contributed by atoms with E-state index >= 15 is 0 Å². The van der Waals surface area contributed by atoms with E-state index in [-0.39, 0.29) is 9.37 Å². The van der Waals surface area contributed by atoms with Crippen molar-refractivity contribution in [2.75, 3.05) is 6.54 Å². The molecule has 0 aliphatic rings. The van der Waals surface area contributed by atoms with E-state index in [0.717, 1.165) is 17.0 Å². The molecule has 0 aliphatic heterocycles. The van der Waals surface area contributed by atoms with Crippen molar-refractivity contribution >= 4 is 37.3 Å². The van der Waals surface area contributed by atoms with Gasteiger partial charge in [-0.1, -0.05) is 13.0 Å². The zero-order valence-corrected chi connectivity index (χ0v) is 13.9. The highest BCUT2D eigenvalue weighted by atomic mass is 79.9. The van der Waals surface area contributed by atoms with E-state index in [0.29, 0.717) is 13.1 Å². The fraction of sp³-hybridized carbons (Fsp3) is 0.231. The van der Waals surface area contributed by atoms with Crippen LogP contribution in [-0.2, 0) is 16.6 Å². The number of hydrogen-bond donors (Lipinski definition) is 0. The Morgan fingerprint density at radius 1 is 1.35 bits per heavy atom. The molecule has 0 aliphatic carbocycles. The van der Waals surface area contributed by atoms with Gasteiger partial charge in [0.2, 0.25) is 10.0 Å². The van der Waals surface area contributed by atoms with Crippen molar-refractivity contribution in [1.29, 1.82) is 0 Å². The largest absolute Gasteiger partial charge is 0.244 e. The van der Waals surface area contributed by atoms with Crippen LogP contribution >= 0.6 is 27.3 Å². The van der Waals surface area contributed by atoms with Gasteiger partial charge in [-0.15, -0.1) is 11.3 Å². The first-order valence-electron chi connectivity index (χ1n) is 5.92. The van der Waals surface area contributed by atoms with Gasteiger partial charge in [0, 0.05) is 22.4 Å². The van der Waals surface area contributed by atoms with Crippen LogP contribution in [0.15, 0.2) is 45.1 Å². The van der Waals surface area contributed by atoms with Gasteiger partial charge in [-0.25, -0.2) is 12.8 Å². The van der Waals surface area contributed by atoms with E-state index < -0.39 is 15.8 Å². The number of thiophene rings is 1. The van der Waals surface area contributed by atoms with Crippen LogP contribution in [0.4, 0.5) is 4.39 Å². The molecule has 0 unspecified atom stereocenters. The molecule has 0 atom stereocenters. The zero-order valence-electron chi connectivity index (χ0n) is 10.7. The molecule has 1 heterocycles. The van der Waals surface area contributed by atoms with Crippen molar-refractivity contribution in [2.45, 2.75) is 18.4 Å². The predicted octanol–water partition coefficient (Wildman–Crippen LogP) is 3.86. The Morgan fingerprint density at radius 2 is 2.10 bits per heavy atom. The number of benzene rings is 1. The molecule has 2 aromatic rings. The summed E-state index contributed by atoms with van der Waals surface area (Å²) in [6.45, 7) is 2.45. The lowest BCUT2D eigenvalue weighted by Crippen LogP contribution is -2.30. The van der Waals surface area contributed by atoms with Gasteiger partial charge in [0.15, 0.2) is 0 Å². The van der Waals surface area contributed by atoms with Crippen LogP contribution in [0, 0.1) is 5.82 Å². The Hall–Kier alpha value is -0.760. The predicted molar refractivity (Wildman–Crippen MR) is 81.7 cm³/mol. The van der Waals surface area contributed by atoms with Crippen molar-refractivity contribution in [3.8, 4) is 0 Å². The molecule has 0 fully saturated rings. The van der Waals surface area contributed by atoms with Gasteiger partial charge in [0.05, 0.1) is 4.90 Å². The topological polar surface area (TPSA) is 37.4 Å². The smallest absolute Gasteiger partial charge is 0.207 e. The van der Waals surface area contributed by atoms with E-state index in [2.05, 4.69) is 15.9 Å². The third kappa shape index (κ3) is 3.28. The fourth-order valence-corrected chi connectivity index (χ4v) is 5.00. The van der Waals surface area contributed by atoms with Gasteiger partial charge >= 0.3 is 0 Å². The van der Waals surface area contributed by atoms with Crippen LogP contribution in [0.1, 0.15) is 11.8 Å². The lowest BCUT2D eigenvalue weighted by molar-refractivity contribution is 0.426. The van der Waals surface area contributed by atoms with Gasteiger partial charge in [-0.2, -0.15) is 4.31 Å². The van der Waals surface area contributed by atoms with Gasteiger partial charge in [-0.3, -0.25) is 0 Å². The molecule has 1 aromatic heterocycles. The highest BCUT2D eigenvalue weighted by molar-refractivity contribution is 9.10. The molecular formula is C13H13BrFNO2S2. The normalized spacial score (nSPS) is 12.0. The molecule has 2 rings (SSSR count). The third-order valence-electron chi connectivity index (χ3n) is 2.78. The van der Waals surface area contributed by atoms with Crippen LogP contribution in [-0.4, -0.2) is 19.3 Å². The number of sulfonamides is 1. The molecule has 0 radical (unpaired) electrons. The zero-order chi connectivity index (χ0) is 14.8. The maximum Gasteiger partial charge on any atom is 0.244 e. The SMILES string of the molecule is CCN(Cc1cccs1)S(=O)(=O)c1ccc(F)cc1Br. The second kappa shape index (κ2) is 6.34. The summed E-state index contributed by atoms with van der Waals surface area (Å²) in [5.41, 5.74) is 0. The highest BCUT2D eigenvalue weighted by Crippen LogP contribution is 2.27. The quantitative estimate of drug-likeness (QED) is 0.793. The van der Waals surface area contributed by atoms with Gasteiger partial charge < -0.3 is 0 Å². The minimum atomic E-state index is -3.65. The van der Waals surface area contributed by atoms with E-state index in [4.69, 9.17) is 0 Å². The number of rotatable bonds is 5. The van der Waals surface area contributed by atoms with E-state index in [1.807, 2.05) is 17.5 Å². The average molecular weight is 378 g/mol. The minimum Gasteiger partial charge on any atom is -0.207 e. The van der Waals surface area contributed by atoms with Crippen LogP contribution in [0.2, 0.25) is 0 Å². The Balaban J connectivity index is 2.36. The summed E-state index contributed by atoms with van der Waals surface area (Å²) >= 11 is 4.62. The van der Waals surface area contributed by atoms with E-state index in [1.54, 1.807) is 6.92 Å². The van der Waals surface area contributed by atoms with Crippen LogP contribution in [0.25, 0.3) is 0 Å². The summed E-state index contributed by atoms with van der Waals surface area (Å²) in [4.78, 5) is 1.05. The van der Waals surface area contributed by atoms with Crippen molar-refractivity contribution in [3.63, 3.8) is 0 Å². The highest BCUT2D eigenvalue weighted by Gasteiger charge is 2.25. The molecule has 7 heteroatoms. The molecule has 0 bridgehead atoms. The molecular weight excluding hydrogens is 365 g/mol. The van der Waals surface area contributed by atoms with Crippen molar-refractivity contribution in [2.24, 2.45) is 0 Å². The summed E-state index contributed by atoms with van der Waals surface area (Å²) in [6, 6.07) is 7.37. The van der Waals surface area contributed by atoms with Gasteiger partial charge in [0.1, 0.15) is 5.82 Å². The average Bonchev–Trinajstić information content (AvgIpc) is 2.88. The molecule has 0 spiro atoms. The Labute approximate surface area is 130 Å². The Kier molecular flexibility index (Phi) is 4.95. The maximum absolute atomic E-state index is 13.1. The Bertz CT molecular complexity index is 686. The first-order valence-corrected chi connectivity index (χ1v) is 9.04. The van der Waals surface area contributed by atoms with Gasteiger partial charge in [0.25, 0.3) is 0 Å². The first kappa shape index (κ1) is 15.6. The van der Waals surface area contributed by atoms with Crippen LogP contribution in [0.3, 0.4) is 0 Å². The fourth-order valence-electron chi connectivity index (χ4n) is 1.77. The second-order valence-electron chi connectivity index (χ2n) is 4.09. The third-order valence-corrected chi connectivity index (χ3v) is 6.54. The van der Waals surface area contributed by atoms with Crippen molar-refractivity contribution in [3.05, 3.63) is 50.9 Å². The number of nitrogens with zero attached hydrogens (tertiary/aromatic N) is 1. The summed E-state index contributed by atoms with van der Waals surface area (Å²) in [5.74, 6) is -0.475. The van der Waals surface area contributed by atoms with Crippen molar-refractivity contribution in [1.82, 2.24) is 4.31 Å². The summed E-state index contributed by atoms with van der Waals surface area (Å²) in [5, 5.41) is 1.91. The monoisotopic (exact) mass is 377 g/mol. The lowest BCUT2D eigenvalue weighted by atomic mass is 10.3. The number of hydrogen-bond acceptors (Lipinski definition) is 3. The van der Waals surface area contributed by atoms with Gasteiger partial charge in [-0.05, 0) is 45.6 Å².